The van der Waals surface area contributed by atoms with Gasteiger partial charge < -0.3 is 20.1 Å². The van der Waals surface area contributed by atoms with Crippen molar-refractivity contribution in [2.24, 2.45) is 0 Å². The molecular weight excluding hydrogens is 330 g/mol. The second kappa shape index (κ2) is 9.03. The Hall–Kier alpha value is -2.83. The van der Waals surface area contributed by atoms with E-state index in [1.54, 1.807) is 36.8 Å². The van der Waals surface area contributed by atoms with E-state index in [-0.39, 0.29) is 11.9 Å². The molecule has 1 aromatic heterocycles. The molecule has 7 nitrogen and oxygen atoms in total. The molecule has 26 heavy (non-hydrogen) atoms. The van der Waals surface area contributed by atoms with Crippen molar-refractivity contribution < 1.29 is 9.59 Å². The van der Waals surface area contributed by atoms with Crippen LogP contribution in [0, 0.1) is 0 Å². The van der Waals surface area contributed by atoms with Crippen molar-refractivity contribution in [1.82, 2.24) is 19.8 Å². The Morgan fingerprint density at radius 3 is 2.77 bits per heavy atom. The van der Waals surface area contributed by atoms with Crippen LogP contribution in [0.5, 0.6) is 0 Å². The Balaban J connectivity index is 1.46. The van der Waals surface area contributed by atoms with Gasteiger partial charge in [0, 0.05) is 49.8 Å². The van der Waals surface area contributed by atoms with Crippen LogP contribution in [0.4, 0.5) is 10.5 Å². The summed E-state index contributed by atoms with van der Waals surface area (Å²) in [4.78, 5) is 30.4. The van der Waals surface area contributed by atoms with Gasteiger partial charge >= 0.3 is 6.03 Å². The molecule has 2 heterocycles. The van der Waals surface area contributed by atoms with Gasteiger partial charge in [-0.1, -0.05) is 6.07 Å². The number of amides is 3. The number of aromatic nitrogens is 2. The number of hydrogen-bond acceptors (Lipinski definition) is 3. The zero-order valence-corrected chi connectivity index (χ0v) is 14.9. The predicted molar refractivity (Wildman–Crippen MR) is 100 cm³/mol. The Labute approximate surface area is 153 Å². The fraction of sp³-hybridized carbons (Fsp3) is 0.421. The van der Waals surface area contributed by atoms with Gasteiger partial charge in [-0.25, -0.2) is 9.78 Å². The summed E-state index contributed by atoms with van der Waals surface area (Å²) in [6, 6.07) is 6.86. The summed E-state index contributed by atoms with van der Waals surface area (Å²) in [5.41, 5.74) is 1.24. The Morgan fingerprint density at radius 2 is 2.00 bits per heavy atom. The van der Waals surface area contributed by atoms with Crippen LogP contribution in [0.15, 0.2) is 43.0 Å². The van der Waals surface area contributed by atoms with Crippen molar-refractivity contribution in [2.75, 3.05) is 25.0 Å². The monoisotopic (exact) mass is 355 g/mol. The third-order valence-corrected chi connectivity index (χ3v) is 4.45. The number of hydrogen-bond donors (Lipinski definition) is 2. The summed E-state index contributed by atoms with van der Waals surface area (Å²) in [5.74, 6) is 0.0362. The van der Waals surface area contributed by atoms with Crippen LogP contribution in [0.3, 0.4) is 0 Å². The minimum absolute atomic E-state index is 0.0362. The Bertz CT molecular complexity index is 723. The number of rotatable bonds is 6. The lowest BCUT2D eigenvalue weighted by Crippen LogP contribution is -2.35. The number of nitrogens with one attached hydrogen (secondary N) is 2. The highest BCUT2D eigenvalue weighted by atomic mass is 16.2. The van der Waals surface area contributed by atoms with Crippen LogP contribution in [0.25, 0.3) is 0 Å². The highest BCUT2D eigenvalue weighted by Crippen LogP contribution is 2.16. The molecule has 0 saturated carbocycles. The summed E-state index contributed by atoms with van der Waals surface area (Å²) < 4.78 is 1.97. The molecule has 1 saturated heterocycles. The van der Waals surface area contributed by atoms with Crippen molar-refractivity contribution in [3.63, 3.8) is 0 Å². The topological polar surface area (TPSA) is 79.3 Å². The highest BCUT2D eigenvalue weighted by molar-refractivity contribution is 5.96. The van der Waals surface area contributed by atoms with Gasteiger partial charge in [0.05, 0.1) is 6.33 Å². The molecule has 0 aliphatic carbocycles. The van der Waals surface area contributed by atoms with E-state index in [1.165, 1.54) is 6.42 Å². The fourth-order valence-electron chi connectivity index (χ4n) is 3.07. The van der Waals surface area contributed by atoms with Crippen LogP contribution in [-0.2, 0) is 6.54 Å². The number of imidazole rings is 1. The van der Waals surface area contributed by atoms with Crippen molar-refractivity contribution in [1.29, 1.82) is 0 Å². The molecule has 0 atom stereocenters. The van der Waals surface area contributed by atoms with Gasteiger partial charge in [0.15, 0.2) is 0 Å². The quantitative estimate of drug-likeness (QED) is 0.782. The number of carbonyl (C=O) groups excluding carboxylic acids is 2. The third kappa shape index (κ3) is 5.08. The van der Waals surface area contributed by atoms with E-state index in [1.807, 2.05) is 15.7 Å². The largest absolute Gasteiger partial charge is 0.339 e. The molecule has 0 bridgehead atoms. The SMILES string of the molecule is O=C(NCCCn1ccnc1)Nc1cccc(C(=O)N2CCCCC2)c1. The molecule has 3 amide bonds. The lowest BCUT2D eigenvalue weighted by atomic mass is 10.1. The molecule has 0 radical (unpaired) electrons. The van der Waals surface area contributed by atoms with E-state index in [2.05, 4.69) is 15.6 Å². The third-order valence-electron chi connectivity index (χ3n) is 4.45. The lowest BCUT2D eigenvalue weighted by Gasteiger charge is -2.26. The zero-order chi connectivity index (χ0) is 18.2. The minimum Gasteiger partial charge on any atom is -0.339 e. The van der Waals surface area contributed by atoms with E-state index in [9.17, 15) is 9.59 Å². The standard InChI is InChI=1S/C19H25N5O2/c25-18(24-11-2-1-3-12-24)16-6-4-7-17(14-16)22-19(26)21-8-5-10-23-13-9-20-15-23/h4,6-7,9,13-15H,1-3,5,8,10-12H2,(H2,21,22,26). The van der Waals surface area contributed by atoms with Gasteiger partial charge in [0.1, 0.15) is 0 Å². The number of anilines is 1. The van der Waals surface area contributed by atoms with E-state index in [0.717, 1.165) is 38.9 Å². The number of piperidine rings is 1. The number of likely N-dealkylation sites (tertiary alicyclic amines) is 1. The van der Waals surface area contributed by atoms with E-state index >= 15 is 0 Å². The molecule has 7 heteroatoms. The van der Waals surface area contributed by atoms with Gasteiger partial charge in [-0.15, -0.1) is 0 Å². The molecule has 1 aliphatic heterocycles. The average Bonchev–Trinajstić information content (AvgIpc) is 3.19. The number of nitrogens with zero attached hydrogens (tertiary/aromatic N) is 3. The predicted octanol–water partition coefficient (Wildman–Crippen LogP) is 2.72. The van der Waals surface area contributed by atoms with Gasteiger partial charge in [0.2, 0.25) is 0 Å². The molecule has 1 aromatic carbocycles. The van der Waals surface area contributed by atoms with Gasteiger partial charge in [-0.3, -0.25) is 4.79 Å². The van der Waals surface area contributed by atoms with Crippen molar-refractivity contribution in [2.45, 2.75) is 32.2 Å². The maximum absolute atomic E-state index is 12.6. The van der Waals surface area contributed by atoms with Crippen molar-refractivity contribution in [3.8, 4) is 0 Å². The molecule has 0 unspecified atom stereocenters. The van der Waals surface area contributed by atoms with Gasteiger partial charge in [0.25, 0.3) is 5.91 Å². The lowest BCUT2D eigenvalue weighted by molar-refractivity contribution is 0.0724. The Morgan fingerprint density at radius 1 is 1.15 bits per heavy atom. The highest BCUT2D eigenvalue weighted by Gasteiger charge is 2.18. The zero-order valence-electron chi connectivity index (χ0n) is 14.9. The molecule has 2 aromatic rings. The maximum atomic E-state index is 12.6. The van der Waals surface area contributed by atoms with E-state index in [4.69, 9.17) is 0 Å². The van der Waals surface area contributed by atoms with Crippen molar-refractivity contribution >= 4 is 17.6 Å². The summed E-state index contributed by atoms with van der Waals surface area (Å²) in [6.45, 7) is 3.00. The summed E-state index contributed by atoms with van der Waals surface area (Å²) in [5, 5.41) is 5.62. The fourth-order valence-corrected chi connectivity index (χ4v) is 3.07. The number of carbonyl (C=O) groups is 2. The summed E-state index contributed by atoms with van der Waals surface area (Å²) >= 11 is 0. The van der Waals surface area contributed by atoms with E-state index in [0.29, 0.717) is 17.8 Å². The van der Waals surface area contributed by atoms with Crippen LogP contribution in [0.2, 0.25) is 0 Å². The summed E-state index contributed by atoms with van der Waals surface area (Å²) in [7, 11) is 0. The second-order valence-corrected chi connectivity index (χ2v) is 6.47. The van der Waals surface area contributed by atoms with Gasteiger partial charge in [-0.05, 0) is 43.9 Å². The smallest absolute Gasteiger partial charge is 0.319 e. The second-order valence-electron chi connectivity index (χ2n) is 6.47. The molecule has 1 fully saturated rings. The molecular formula is C19H25N5O2. The molecule has 3 rings (SSSR count). The first-order chi connectivity index (χ1) is 12.7. The number of benzene rings is 1. The van der Waals surface area contributed by atoms with Gasteiger partial charge in [-0.2, -0.15) is 0 Å². The number of urea groups is 1. The number of aryl methyl sites for hydroxylation is 1. The van der Waals surface area contributed by atoms with Crippen LogP contribution in [0.1, 0.15) is 36.0 Å². The van der Waals surface area contributed by atoms with Crippen LogP contribution >= 0.6 is 0 Å². The molecule has 138 valence electrons. The first-order valence-electron chi connectivity index (χ1n) is 9.12. The van der Waals surface area contributed by atoms with E-state index < -0.39 is 0 Å². The molecule has 1 aliphatic rings. The van der Waals surface area contributed by atoms with Crippen molar-refractivity contribution in [3.05, 3.63) is 48.5 Å². The van der Waals surface area contributed by atoms with Crippen LogP contribution < -0.4 is 10.6 Å². The molecule has 0 spiro atoms. The molecule has 2 N–H and O–H groups in total. The van der Waals surface area contributed by atoms with Crippen LogP contribution in [-0.4, -0.2) is 46.0 Å². The Kier molecular flexibility index (Phi) is 6.24. The first-order valence-corrected chi connectivity index (χ1v) is 9.12. The summed E-state index contributed by atoms with van der Waals surface area (Å²) in [6.07, 6.45) is 9.51. The average molecular weight is 355 g/mol. The first kappa shape index (κ1) is 18.0. The minimum atomic E-state index is -0.266. The maximum Gasteiger partial charge on any atom is 0.319 e. The normalized spacial score (nSPS) is 14.1.